The molecule has 3 saturated carbocycles. The number of aliphatic carboxylic acids is 1. The Morgan fingerprint density at radius 3 is 2.43 bits per heavy atom. The third-order valence-corrected chi connectivity index (χ3v) is 9.62. The fraction of sp³-hybridized carbons (Fsp3) is 0.724. The quantitative estimate of drug-likeness (QED) is 0.402. The number of nitrogens with two attached hydrogens (primary N) is 1. The van der Waals surface area contributed by atoms with Gasteiger partial charge in [0, 0.05) is 29.6 Å². The van der Waals surface area contributed by atoms with E-state index in [-0.39, 0.29) is 48.1 Å². The molecule has 0 aromatic rings. The van der Waals surface area contributed by atoms with Crippen molar-refractivity contribution in [2.75, 3.05) is 13.2 Å². The first kappa shape index (κ1) is 29.4. The number of fused-ring (bicyclic) bond motifs is 5. The molecule has 0 spiro atoms. The summed E-state index contributed by atoms with van der Waals surface area (Å²) in [5.41, 5.74) is 3.54. The molecule has 4 aliphatic carbocycles. The summed E-state index contributed by atoms with van der Waals surface area (Å²) < 4.78 is 0. The third kappa shape index (κ3) is 5.25. The van der Waals surface area contributed by atoms with Gasteiger partial charge in [-0.2, -0.15) is 0 Å². The Morgan fingerprint density at radius 2 is 1.86 bits per heavy atom. The van der Waals surface area contributed by atoms with Gasteiger partial charge in [-0.25, -0.2) is 0 Å². The molecule has 3 fully saturated rings. The molecule has 0 radical (unpaired) electrons. The van der Waals surface area contributed by atoms with E-state index in [2.05, 4.69) is 13.8 Å². The molecule has 0 amide bonds. The predicted octanol–water partition coefficient (Wildman–Crippen LogP) is 2.85. The summed E-state index contributed by atoms with van der Waals surface area (Å²) in [6.07, 6.45) is 8.93. The molecule has 37 heavy (non-hydrogen) atoms. The average Bonchev–Trinajstić information content (AvgIpc) is 3.09. The van der Waals surface area contributed by atoms with Crippen molar-refractivity contribution >= 4 is 23.3 Å². The van der Waals surface area contributed by atoms with Crippen LogP contribution in [0.3, 0.4) is 0 Å². The van der Waals surface area contributed by atoms with Crippen LogP contribution in [0, 0.1) is 40.4 Å². The van der Waals surface area contributed by atoms with E-state index in [0.29, 0.717) is 25.3 Å². The van der Waals surface area contributed by atoms with E-state index in [1.165, 1.54) is 0 Å². The maximum absolute atomic E-state index is 13.3. The molecule has 4 rings (SSSR count). The second kappa shape index (κ2) is 10.9. The van der Waals surface area contributed by atoms with Crippen LogP contribution in [0.2, 0.25) is 0 Å². The molecule has 0 bridgehead atoms. The number of hydrogen-bond donors (Lipinski definition) is 4. The van der Waals surface area contributed by atoms with Crippen molar-refractivity contribution in [3.63, 3.8) is 0 Å². The van der Waals surface area contributed by atoms with Crippen LogP contribution >= 0.6 is 0 Å². The number of aliphatic hydroxyl groups is 2. The largest absolute Gasteiger partial charge is 0.481 e. The summed E-state index contributed by atoms with van der Waals surface area (Å²) in [5.74, 6) is -0.663. The molecular weight excluding hydrogens is 474 g/mol. The van der Waals surface area contributed by atoms with Gasteiger partial charge in [0.25, 0.3) is 0 Å². The van der Waals surface area contributed by atoms with Gasteiger partial charge in [-0.1, -0.05) is 39.3 Å². The van der Waals surface area contributed by atoms with Crippen molar-refractivity contribution in [2.45, 2.75) is 78.2 Å². The molecule has 8 nitrogen and oxygen atoms in total. The molecule has 5 N–H and O–H groups in total. The highest BCUT2D eigenvalue weighted by Crippen LogP contribution is 2.66. The number of ketones is 3. The zero-order chi connectivity index (χ0) is 27.8. The van der Waals surface area contributed by atoms with Crippen LogP contribution in [0.5, 0.6) is 0 Å². The summed E-state index contributed by atoms with van der Waals surface area (Å²) >= 11 is 0. The summed E-state index contributed by atoms with van der Waals surface area (Å²) in [6.45, 7) is 7.81. The fourth-order valence-corrected chi connectivity index (χ4v) is 7.80. The first-order valence-corrected chi connectivity index (χ1v) is 13.5. The van der Waals surface area contributed by atoms with Gasteiger partial charge in [0.15, 0.2) is 11.6 Å². The lowest BCUT2D eigenvalue weighted by atomic mass is 9.46. The van der Waals surface area contributed by atoms with Crippen LogP contribution in [-0.2, 0) is 19.2 Å². The lowest BCUT2D eigenvalue weighted by molar-refractivity contribution is -0.168. The normalized spacial score (nSPS) is 37.1. The lowest BCUT2D eigenvalue weighted by Crippen LogP contribution is -2.60. The molecule has 0 heterocycles. The van der Waals surface area contributed by atoms with E-state index in [1.807, 2.05) is 19.9 Å². The van der Waals surface area contributed by atoms with Crippen molar-refractivity contribution in [2.24, 2.45) is 46.2 Å². The highest BCUT2D eigenvalue weighted by molar-refractivity contribution is 6.02. The highest BCUT2D eigenvalue weighted by atomic mass is 16.4. The van der Waals surface area contributed by atoms with Crippen LogP contribution in [0.25, 0.3) is 0 Å². The van der Waals surface area contributed by atoms with Crippen LogP contribution in [-0.4, -0.2) is 57.4 Å². The Kier molecular flexibility index (Phi) is 8.67. The van der Waals surface area contributed by atoms with E-state index < -0.39 is 34.8 Å². The molecule has 8 heteroatoms. The number of aliphatic hydroxyl groups excluding tert-OH is 1. The van der Waals surface area contributed by atoms with Crippen molar-refractivity contribution in [1.82, 2.24) is 0 Å². The van der Waals surface area contributed by atoms with Crippen LogP contribution in [0.1, 0.15) is 72.6 Å². The number of rotatable bonds is 7. The van der Waals surface area contributed by atoms with Crippen molar-refractivity contribution in [3.05, 3.63) is 23.8 Å². The number of Topliss-reactive ketones (excluding diaryl/α,β-unsaturated/α-hetero) is 2. The molecule has 0 unspecified atom stereocenters. The third-order valence-electron chi connectivity index (χ3n) is 9.62. The maximum atomic E-state index is 13.3. The molecule has 0 aromatic heterocycles. The van der Waals surface area contributed by atoms with Gasteiger partial charge < -0.3 is 21.1 Å². The summed E-state index contributed by atoms with van der Waals surface area (Å²) in [6, 6.07) is 0. The number of hydrogen-bond acceptors (Lipinski definition) is 7. The van der Waals surface area contributed by atoms with Gasteiger partial charge in [-0.05, 0) is 74.5 Å². The highest BCUT2D eigenvalue weighted by Gasteiger charge is 2.68. The first-order valence-electron chi connectivity index (χ1n) is 13.5. The monoisotopic (exact) mass is 517 g/mol. The van der Waals surface area contributed by atoms with E-state index in [0.717, 1.165) is 24.8 Å². The minimum atomic E-state index is -1.62. The predicted molar refractivity (Wildman–Crippen MR) is 138 cm³/mol. The van der Waals surface area contributed by atoms with Crippen molar-refractivity contribution in [1.29, 1.82) is 0 Å². The molecule has 4 aliphatic rings. The minimum absolute atomic E-state index is 0.0206. The average molecular weight is 518 g/mol. The number of carboxylic acids is 1. The lowest BCUT2D eigenvalue weighted by Gasteiger charge is -2.56. The van der Waals surface area contributed by atoms with E-state index in [9.17, 15) is 29.4 Å². The zero-order valence-corrected chi connectivity index (χ0v) is 22.5. The van der Waals surface area contributed by atoms with E-state index in [1.54, 1.807) is 12.2 Å². The maximum Gasteiger partial charge on any atom is 0.303 e. The molecule has 0 aromatic carbocycles. The Bertz CT molecular complexity index is 1000. The minimum Gasteiger partial charge on any atom is -0.481 e. The summed E-state index contributed by atoms with van der Waals surface area (Å²) in [4.78, 5) is 47.7. The van der Waals surface area contributed by atoms with Crippen LogP contribution in [0.4, 0.5) is 0 Å². The SMILES string of the molecule is CC(C)C[C@H](CN)CC(=O)O.C[C@]12C=CC(=O)C=C1CC[C@@H]1[C@@H]2C(=O)C[C@@]2(C)[C@H]1CC[C@]2(O)C(=O)CO. The van der Waals surface area contributed by atoms with E-state index in [4.69, 9.17) is 10.8 Å². The van der Waals surface area contributed by atoms with Crippen LogP contribution < -0.4 is 5.73 Å². The number of allylic oxidation sites excluding steroid dienone is 4. The fourth-order valence-electron chi connectivity index (χ4n) is 7.80. The summed E-state index contributed by atoms with van der Waals surface area (Å²) in [7, 11) is 0. The van der Waals surface area contributed by atoms with Crippen LogP contribution in [0.15, 0.2) is 23.8 Å². The first-order chi connectivity index (χ1) is 17.2. The number of carboxylic acid groups (broad SMARTS) is 1. The van der Waals surface area contributed by atoms with Crippen molar-refractivity contribution in [3.8, 4) is 0 Å². The number of carbonyl (C=O) groups excluding carboxylic acids is 3. The molecule has 0 saturated heterocycles. The zero-order valence-electron chi connectivity index (χ0n) is 22.5. The standard InChI is InChI=1S/C21H26O5.C8H17NO2/c1-19-7-5-13(23)9-12(19)3-4-14-15-6-8-21(26,17(25)11-22)20(15,2)10-16(24)18(14)19;1-6(2)3-7(5-9)4-8(10)11/h5,7,9,14-15,18,22,26H,3-4,6,8,10-11H2,1-2H3;6-7H,3-5,9H2,1-2H3,(H,10,11)/t14-,15-,18+,19-,20-,21-;7-/m00/s1. The smallest absolute Gasteiger partial charge is 0.303 e. The van der Waals surface area contributed by atoms with Gasteiger partial charge >= 0.3 is 5.97 Å². The Balaban J connectivity index is 0.000000295. The molecule has 7 atom stereocenters. The summed E-state index contributed by atoms with van der Waals surface area (Å²) in [5, 5.41) is 28.9. The molecular formula is C29H43NO7. The van der Waals surface area contributed by atoms with Gasteiger partial charge in [0.1, 0.15) is 18.0 Å². The van der Waals surface area contributed by atoms with E-state index >= 15 is 0 Å². The Hall–Kier alpha value is -2.16. The van der Waals surface area contributed by atoms with Gasteiger partial charge in [0.2, 0.25) is 0 Å². The Labute approximate surface area is 219 Å². The Morgan fingerprint density at radius 1 is 1.19 bits per heavy atom. The second-order valence-electron chi connectivity index (χ2n) is 12.3. The van der Waals surface area contributed by atoms with Crippen molar-refractivity contribution < 1.29 is 34.5 Å². The van der Waals surface area contributed by atoms with Gasteiger partial charge in [-0.3, -0.25) is 19.2 Å². The molecule has 206 valence electrons. The van der Waals surface area contributed by atoms with Gasteiger partial charge in [0.05, 0.1) is 0 Å². The van der Waals surface area contributed by atoms with Gasteiger partial charge in [-0.15, -0.1) is 0 Å². The molecule has 0 aliphatic heterocycles. The second-order valence-corrected chi connectivity index (χ2v) is 12.3. The number of carbonyl (C=O) groups is 4. The topological polar surface area (TPSA) is 155 Å².